The maximum atomic E-state index is 6.15. The van der Waals surface area contributed by atoms with Gasteiger partial charge in [0.25, 0.3) is 0 Å². The number of nitrogens with zero attached hydrogens (tertiary/aromatic N) is 1. The lowest BCUT2D eigenvalue weighted by atomic mass is 10.1. The summed E-state index contributed by atoms with van der Waals surface area (Å²) < 4.78 is 11.6. The van der Waals surface area contributed by atoms with Crippen molar-refractivity contribution in [2.24, 2.45) is 5.10 Å². The van der Waals surface area contributed by atoms with Crippen molar-refractivity contribution in [3.8, 4) is 11.5 Å². The van der Waals surface area contributed by atoms with Gasteiger partial charge in [-0.3, -0.25) is 0 Å². The first-order chi connectivity index (χ1) is 8.88. The molecule has 3 rings (SSSR count). The van der Waals surface area contributed by atoms with E-state index < -0.39 is 0 Å². The van der Waals surface area contributed by atoms with E-state index in [1.807, 2.05) is 12.3 Å². The second-order valence-corrected chi connectivity index (χ2v) is 4.79. The molecule has 0 spiro atoms. The fourth-order valence-corrected chi connectivity index (χ4v) is 2.61. The van der Waals surface area contributed by atoms with Gasteiger partial charge >= 0.3 is 0 Å². The predicted molar refractivity (Wildman–Crippen MR) is 70.3 cm³/mol. The molecule has 0 aromatic heterocycles. The van der Waals surface area contributed by atoms with E-state index in [1.165, 1.54) is 18.4 Å². The molecule has 1 aromatic rings. The third-order valence-corrected chi connectivity index (χ3v) is 3.61. The van der Waals surface area contributed by atoms with Crippen molar-refractivity contribution in [2.75, 3.05) is 7.11 Å². The highest BCUT2D eigenvalue weighted by Gasteiger charge is 2.22. The minimum atomic E-state index is 0.327. The monoisotopic (exact) mass is 246 g/mol. The molecule has 1 heterocycles. The molecule has 1 N–H and O–H groups in total. The Morgan fingerprint density at radius 1 is 1.28 bits per heavy atom. The van der Waals surface area contributed by atoms with Crippen LogP contribution in [0.15, 0.2) is 17.2 Å². The second kappa shape index (κ2) is 4.88. The quantitative estimate of drug-likeness (QED) is 0.890. The van der Waals surface area contributed by atoms with Gasteiger partial charge in [-0.2, -0.15) is 5.10 Å². The van der Waals surface area contributed by atoms with E-state index in [9.17, 15) is 0 Å². The SMILES string of the molecule is COc1ccc2c(c1OC1CCCC1)C=NNC2. The molecule has 96 valence electrons. The maximum Gasteiger partial charge on any atom is 0.170 e. The number of benzene rings is 1. The van der Waals surface area contributed by atoms with Crippen LogP contribution in [0.1, 0.15) is 36.8 Å². The molecule has 2 aliphatic rings. The molecule has 0 amide bonds. The number of hydrogen-bond acceptors (Lipinski definition) is 4. The average Bonchev–Trinajstić information content (AvgIpc) is 2.92. The minimum absolute atomic E-state index is 0.327. The molecular formula is C14H18N2O2. The van der Waals surface area contributed by atoms with Crippen LogP contribution in [0.4, 0.5) is 0 Å². The van der Waals surface area contributed by atoms with Gasteiger partial charge in [0.2, 0.25) is 0 Å². The summed E-state index contributed by atoms with van der Waals surface area (Å²) in [7, 11) is 1.68. The second-order valence-electron chi connectivity index (χ2n) is 4.79. The molecule has 0 atom stereocenters. The van der Waals surface area contributed by atoms with Crippen LogP contribution >= 0.6 is 0 Å². The summed E-state index contributed by atoms with van der Waals surface area (Å²) in [5, 5.41) is 4.12. The highest BCUT2D eigenvalue weighted by Crippen LogP contribution is 2.36. The average molecular weight is 246 g/mol. The van der Waals surface area contributed by atoms with Crippen LogP contribution in [-0.2, 0) is 6.54 Å². The van der Waals surface area contributed by atoms with Crippen molar-refractivity contribution in [3.63, 3.8) is 0 Å². The molecule has 1 aliphatic heterocycles. The third-order valence-electron chi connectivity index (χ3n) is 3.61. The van der Waals surface area contributed by atoms with Crippen LogP contribution in [0.3, 0.4) is 0 Å². The number of nitrogens with one attached hydrogen (secondary N) is 1. The van der Waals surface area contributed by atoms with E-state index in [4.69, 9.17) is 9.47 Å². The summed E-state index contributed by atoms with van der Waals surface area (Å²) in [5.74, 6) is 1.65. The lowest BCUT2D eigenvalue weighted by Gasteiger charge is -2.21. The third kappa shape index (κ3) is 2.03. The Bertz CT molecular complexity index is 465. The zero-order valence-electron chi connectivity index (χ0n) is 10.6. The zero-order chi connectivity index (χ0) is 12.4. The zero-order valence-corrected chi connectivity index (χ0v) is 10.6. The molecule has 1 aromatic carbocycles. The molecular weight excluding hydrogens is 228 g/mol. The Labute approximate surface area is 107 Å². The number of ether oxygens (including phenoxy) is 2. The predicted octanol–water partition coefficient (Wildman–Crippen LogP) is 2.45. The molecule has 1 saturated carbocycles. The Kier molecular flexibility index (Phi) is 3.09. The lowest BCUT2D eigenvalue weighted by Crippen LogP contribution is -2.18. The summed E-state index contributed by atoms with van der Waals surface area (Å²) in [6.45, 7) is 0.747. The van der Waals surface area contributed by atoms with E-state index in [2.05, 4.69) is 16.6 Å². The van der Waals surface area contributed by atoms with Crippen LogP contribution in [0.25, 0.3) is 0 Å². The molecule has 4 heteroatoms. The summed E-state index contributed by atoms with van der Waals surface area (Å²) in [5.41, 5.74) is 5.24. The van der Waals surface area contributed by atoms with Gasteiger partial charge in [-0.25, -0.2) is 0 Å². The fourth-order valence-electron chi connectivity index (χ4n) is 2.61. The largest absolute Gasteiger partial charge is 0.493 e. The Morgan fingerprint density at radius 3 is 2.89 bits per heavy atom. The fraction of sp³-hybridized carbons (Fsp3) is 0.500. The van der Waals surface area contributed by atoms with Gasteiger partial charge in [-0.05, 0) is 37.3 Å². The summed E-state index contributed by atoms with van der Waals surface area (Å²) in [4.78, 5) is 0. The van der Waals surface area contributed by atoms with Gasteiger partial charge in [0, 0.05) is 5.56 Å². The van der Waals surface area contributed by atoms with Crippen LogP contribution in [0.5, 0.6) is 11.5 Å². The van der Waals surface area contributed by atoms with Gasteiger partial charge in [0.15, 0.2) is 11.5 Å². The van der Waals surface area contributed by atoms with Crippen LogP contribution in [0.2, 0.25) is 0 Å². The molecule has 1 aliphatic carbocycles. The molecule has 1 fully saturated rings. The van der Waals surface area contributed by atoms with E-state index in [0.717, 1.165) is 36.4 Å². The first-order valence-electron chi connectivity index (χ1n) is 6.51. The van der Waals surface area contributed by atoms with Crippen molar-refractivity contribution in [1.29, 1.82) is 0 Å². The van der Waals surface area contributed by atoms with Crippen LogP contribution < -0.4 is 14.9 Å². The van der Waals surface area contributed by atoms with E-state index in [0.29, 0.717) is 6.10 Å². The van der Waals surface area contributed by atoms with Crippen LogP contribution in [0, 0.1) is 0 Å². The van der Waals surface area contributed by atoms with E-state index in [-0.39, 0.29) is 0 Å². The number of rotatable bonds is 3. The summed E-state index contributed by atoms with van der Waals surface area (Å²) in [6.07, 6.45) is 6.96. The highest BCUT2D eigenvalue weighted by molar-refractivity contribution is 5.87. The molecule has 0 unspecified atom stereocenters. The molecule has 0 saturated heterocycles. The van der Waals surface area contributed by atoms with E-state index in [1.54, 1.807) is 7.11 Å². The van der Waals surface area contributed by atoms with Crippen molar-refractivity contribution < 1.29 is 9.47 Å². The first-order valence-corrected chi connectivity index (χ1v) is 6.51. The van der Waals surface area contributed by atoms with Crippen molar-refractivity contribution >= 4 is 6.21 Å². The topological polar surface area (TPSA) is 42.9 Å². The highest BCUT2D eigenvalue weighted by atomic mass is 16.5. The number of methoxy groups -OCH3 is 1. The Balaban J connectivity index is 1.96. The van der Waals surface area contributed by atoms with Gasteiger partial charge in [-0.1, -0.05) is 6.07 Å². The number of fused-ring (bicyclic) bond motifs is 1. The smallest absolute Gasteiger partial charge is 0.170 e. The molecule has 0 bridgehead atoms. The van der Waals surface area contributed by atoms with Gasteiger partial charge < -0.3 is 14.9 Å². The Morgan fingerprint density at radius 2 is 2.11 bits per heavy atom. The Hall–Kier alpha value is -1.71. The van der Waals surface area contributed by atoms with Crippen LogP contribution in [-0.4, -0.2) is 19.4 Å². The summed E-state index contributed by atoms with van der Waals surface area (Å²) in [6, 6.07) is 4.04. The summed E-state index contributed by atoms with van der Waals surface area (Å²) >= 11 is 0. The van der Waals surface area contributed by atoms with Gasteiger partial charge in [0.1, 0.15) is 0 Å². The standard InChI is InChI=1S/C14H18N2O2/c1-17-13-7-6-10-8-15-16-9-12(10)14(13)18-11-4-2-3-5-11/h6-7,9,11,15H,2-5,8H2,1H3. The molecule has 18 heavy (non-hydrogen) atoms. The van der Waals surface area contributed by atoms with E-state index >= 15 is 0 Å². The maximum absolute atomic E-state index is 6.15. The number of hydrazone groups is 1. The van der Waals surface area contributed by atoms with Gasteiger partial charge in [-0.15, -0.1) is 0 Å². The molecule has 0 radical (unpaired) electrons. The normalized spacial score (nSPS) is 18.3. The number of hydrogen-bond donors (Lipinski definition) is 1. The first kappa shape index (κ1) is 11.4. The van der Waals surface area contributed by atoms with Gasteiger partial charge in [0.05, 0.1) is 26.0 Å². The lowest BCUT2D eigenvalue weighted by molar-refractivity contribution is 0.200. The van der Waals surface area contributed by atoms with Crippen molar-refractivity contribution in [2.45, 2.75) is 38.3 Å². The minimum Gasteiger partial charge on any atom is -0.493 e. The molecule has 4 nitrogen and oxygen atoms in total. The van der Waals surface area contributed by atoms with Crippen molar-refractivity contribution in [3.05, 3.63) is 23.3 Å². The van der Waals surface area contributed by atoms with Crippen molar-refractivity contribution in [1.82, 2.24) is 5.43 Å².